The topological polar surface area (TPSA) is 51.0 Å². The smallest absolute Gasteiger partial charge is 0.235 e. The molecule has 2 aromatic rings. The lowest BCUT2D eigenvalue weighted by atomic mass is 9.87. The van der Waals surface area contributed by atoms with Crippen molar-refractivity contribution in [3.05, 3.63) is 41.6 Å². The molecule has 0 amide bonds. The van der Waals surface area contributed by atoms with Crippen molar-refractivity contribution in [1.82, 2.24) is 10.2 Å². The van der Waals surface area contributed by atoms with Crippen LogP contribution in [0.1, 0.15) is 38.1 Å². The summed E-state index contributed by atoms with van der Waals surface area (Å²) in [5, 5.41) is 11.0. The molecule has 0 saturated carbocycles. The van der Waals surface area contributed by atoms with Crippen molar-refractivity contribution in [3.8, 4) is 0 Å². The third-order valence-corrected chi connectivity index (χ3v) is 2.76. The van der Waals surface area contributed by atoms with E-state index < -0.39 is 0 Å². The van der Waals surface area contributed by atoms with Gasteiger partial charge in [0, 0.05) is 12.6 Å². The number of aryl methyl sites for hydroxylation is 1. The van der Waals surface area contributed by atoms with Crippen molar-refractivity contribution < 1.29 is 4.42 Å². The Hall–Kier alpha value is -1.84. The van der Waals surface area contributed by atoms with Gasteiger partial charge in [0.1, 0.15) is 0 Å². The summed E-state index contributed by atoms with van der Waals surface area (Å²) in [4.78, 5) is 0. The van der Waals surface area contributed by atoms with Crippen LogP contribution in [0.4, 0.5) is 5.69 Å². The van der Waals surface area contributed by atoms with Crippen molar-refractivity contribution in [2.24, 2.45) is 0 Å². The molecule has 0 saturated heterocycles. The first kappa shape index (κ1) is 12.6. The van der Waals surface area contributed by atoms with E-state index in [9.17, 15) is 0 Å². The average molecular weight is 245 g/mol. The molecule has 4 heteroatoms. The Labute approximate surface area is 107 Å². The fraction of sp³-hybridized carbons (Fsp3) is 0.429. The van der Waals surface area contributed by atoms with Crippen LogP contribution in [0.5, 0.6) is 0 Å². The summed E-state index contributed by atoms with van der Waals surface area (Å²) in [6.07, 6.45) is 0. The highest BCUT2D eigenvalue weighted by atomic mass is 16.4. The van der Waals surface area contributed by atoms with Crippen molar-refractivity contribution in [3.63, 3.8) is 0 Å². The highest BCUT2D eigenvalue weighted by Crippen LogP contribution is 2.23. The Bertz CT molecular complexity index is 509. The molecule has 0 radical (unpaired) electrons. The first-order valence-corrected chi connectivity index (χ1v) is 6.08. The molecular formula is C14H19N3O. The molecule has 0 aliphatic heterocycles. The molecule has 0 unspecified atom stereocenters. The summed E-state index contributed by atoms with van der Waals surface area (Å²) in [5.41, 5.74) is 2.56. The van der Waals surface area contributed by atoms with Gasteiger partial charge in [-0.05, 0) is 23.1 Å². The zero-order chi connectivity index (χ0) is 13.2. The predicted octanol–water partition coefficient (Wildman–Crippen LogP) is 3.29. The second kappa shape index (κ2) is 4.80. The van der Waals surface area contributed by atoms with Crippen molar-refractivity contribution in [2.75, 3.05) is 5.32 Å². The normalized spacial score (nSPS) is 11.6. The lowest BCUT2D eigenvalue weighted by Crippen LogP contribution is -2.10. The van der Waals surface area contributed by atoms with Crippen LogP contribution in [0.2, 0.25) is 0 Å². The maximum atomic E-state index is 5.30. The average Bonchev–Trinajstić information content (AvgIpc) is 2.72. The predicted molar refractivity (Wildman–Crippen MR) is 71.5 cm³/mol. The second-order valence-electron chi connectivity index (χ2n) is 5.40. The van der Waals surface area contributed by atoms with Gasteiger partial charge in [0.2, 0.25) is 11.8 Å². The highest BCUT2D eigenvalue weighted by Gasteiger charge is 2.12. The first-order chi connectivity index (χ1) is 8.45. The quantitative estimate of drug-likeness (QED) is 0.901. The summed E-state index contributed by atoms with van der Waals surface area (Å²) >= 11 is 0. The van der Waals surface area contributed by atoms with Gasteiger partial charge in [0.05, 0.1) is 6.54 Å². The van der Waals surface area contributed by atoms with Crippen LogP contribution in [-0.4, -0.2) is 10.2 Å². The monoisotopic (exact) mass is 245 g/mol. The van der Waals surface area contributed by atoms with Gasteiger partial charge in [-0.1, -0.05) is 32.9 Å². The van der Waals surface area contributed by atoms with E-state index in [0.717, 1.165) is 5.69 Å². The van der Waals surface area contributed by atoms with E-state index in [4.69, 9.17) is 4.42 Å². The molecule has 0 bridgehead atoms. The van der Waals surface area contributed by atoms with Gasteiger partial charge in [-0.3, -0.25) is 0 Å². The fourth-order valence-corrected chi connectivity index (χ4v) is 1.67. The van der Waals surface area contributed by atoms with Gasteiger partial charge in [-0.2, -0.15) is 0 Å². The minimum atomic E-state index is 0.183. The number of benzene rings is 1. The molecule has 0 aliphatic rings. The Morgan fingerprint density at radius 3 is 2.28 bits per heavy atom. The Kier molecular flexibility index (Phi) is 3.36. The maximum absolute atomic E-state index is 5.30. The number of rotatable bonds is 3. The van der Waals surface area contributed by atoms with Gasteiger partial charge < -0.3 is 9.73 Å². The minimum Gasteiger partial charge on any atom is -0.424 e. The molecule has 1 N–H and O–H groups in total. The summed E-state index contributed by atoms with van der Waals surface area (Å²) in [7, 11) is 0. The Morgan fingerprint density at radius 1 is 1.11 bits per heavy atom. The number of hydrogen-bond donors (Lipinski definition) is 1. The standard InChI is InChI=1S/C14H19N3O/c1-10-16-17-13(18-10)9-15-12-7-5-11(6-8-12)14(2,3)4/h5-8,15H,9H2,1-4H3. The molecule has 0 atom stereocenters. The van der Waals surface area contributed by atoms with Crippen LogP contribution in [0, 0.1) is 6.92 Å². The number of nitrogens with one attached hydrogen (secondary N) is 1. The third-order valence-electron chi connectivity index (χ3n) is 2.76. The molecule has 18 heavy (non-hydrogen) atoms. The van der Waals surface area contributed by atoms with E-state index in [1.54, 1.807) is 6.92 Å². The zero-order valence-electron chi connectivity index (χ0n) is 11.3. The van der Waals surface area contributed by atoms with Gasteiger partial charge in [0.25, 0.3) is 0 Å². The molecule has 1 aromatic carbocycles. The van der Waals surface area contributed by atoms with E-state index >= 15 is 0 Å². The van der Waals surface area contributed by atoms with Crippen LogP contribution >= 0.6 is 0 Å². The zero-order valence-corrected chi connectivity index (χ0v) is 11.3. The number of hydrogen-bond acceptors (Lipinski definition) is 4. The number of aromatic nitrogens is 2. The van der Waals surface area contributed by atoms with Gasteiger partial charge >= 0.3 is 0 Å². The lowest BCUT2D eigenvalue weighted by molar-refractivity contribution is 0.475. The third kappa shape index (κ3) is 3.09. The van der Waals surface area contributed by atoms with E-state index in [2.05, 4.69) is 60.6 Å². The van der Waals surface area contributed by atoms with Crippen molar-refractivity contribution in [2.45, 2.75) is 39.7 Å². The van der Waals surface area contributed by atoms with E-state index in [-0.39, 0.29) is 5.41 Å². The van der Waals surface area contributed by atoms with Gasteiger partial charge in [-0.25, -0.2) is 0 Å². The van der Waals surface area contributed by atoms with Crippen LogP contribution in [0.3, 0.4) is 0 Å². The molecule has 0 aliphatic carbocycles. The molecular weight excluding hydrogens is 226 g/mol. The highest BCUT2D eigenvalue weighted by molar-refractivity contribution is 5.45. The minimum absolute atomic E-state index is 0.183. The van der Waals surface area contributed by atoms with E-state index in [1.165, 1.54) is 5.56 Å². The molecule has 0 fully saturated rings. The van der Waals surface area contributed by atoms with Crippen LogP contribution in [0.15, 0.2) is 28.7 Å². The maximum Gasteiger partial charge on any atom is 0.235 e. The summed E-state index contributed by atoms with van der Waals surface area (Å²) in [6, 6.07) is 8.43. The second-order valence-corrected chi connectivity index (χ2v) is 5.40. The van der Waals surface area contributed by atoms with E-state index in [0.29, 0.717) is 18.3 Å². The van der Waals surface area contributed by atoms with Crippen molar-refractivity contribution in [1.29, 1.82) is 0 Å². The fourth-order valence-electron chi connectivity index (χ4n) is 1.67. The van der Waals surface area contributed by atoms with Crippen LogP contribution < -0.4 is 5.32 Å². The SMILES string of the molecule is Cc1nnc(CNc2ccc(C(C)(C)C)cc2)o1. The molecule has 2 rings (SSSR count). The van der Waals surface area contributed by atoms with Gasteiger partial charge in [0.15, 0.2) is 0 Å². The van der Waals surface area contributed by atoms with Crippen LogP contribution in [0.25, 0.3) is 0 Å². The summed E-state index contributed by atoms with van der Waals surface area (Å²) in [6.45, 7) is 8.95. The number of nitrogens with zero attached hydrogens (tertiary/aromatic N) is 2. The van der Waals surface area contributed by atoms with E-state index in [1.807, 2.05) is 0 Å². The first-order valence-electron chi connectivity index (χ1n) is 6.08. The Balaban J connectivity index is 1.98. The molecule has 0 spiro atoms. The Morgan fingerprint density at radius 2 is 1.78 bits per heavy atom. The van der Waals surface area contributed by atoms with Crippen LogP contribution in [-0.2, 0) is 12.0 Å². The van der Waals surface area contributed by atoms with Crippen molar-refractivity contribution >= 4 is 5.69 Å². The molecule has 96 valence electrons. The van der Waals surface area contributed by atoms with Gasteiger partial charge in [-0.15, -0.1) is 10.2 Å². The molecule has 1 aromatic heterocycles. The summed E-state index contributed by atoms with van der Waals surface area (Å²) in [5.74, 6) is 1.20. The largest absolute Gasteiger partial charge is 0.424 e. The molecule has 4 nitrogen and oxygen atoms in total. The summed E-state index contributed by atoms with van der Waals surface area (Å²) < 4.78 is 5.30. The molecule has 1 heterocycles. The lowest BCUT2D eigenvalue weighted by Gasteiger charge is -2.19. The number of anilines is 1.